The van der Waals surface area contributed by atoms with E-state index in [0.29, 0.717) is 11.8 Å². The maximum atomic E-state index is 6.01. The lowest BCUT2D eigenvalue weighted by molar-refractivity contribution is -0.147. The molecule has 21 heavy (non-hydrogen) atoms. The van der Waals surface area contributed by atoms with E-state index in [9.17, 15) is 0 Å². The predicted octanol–water partition coefficient (Wildman–Crippen LogP) is 1.81. The number of aromatic nitrogens is 1. The van der Waals surface area contributed by atoms with Crippen LogP contribution in [0.5, 0.6) is 5.88 Å². The van der Waals surface area contributed by atoms with Gasteiger partial charge in [0.15, 0.2) is 0 Å². The highest BCUT2D eigenvalue weighted by Crippen LogP contribution is 2.45. The Balaban J connectivity index is 1.63. The van der Waals surface area contributed by atoms with Crippen LogP contribution in [0.4, 0.5) is 0 Å². The van der Waals surface area contributed by atoms with Crippen LogP contribution in [0.3, 0.4) is 0 Å². The van der Waals surface area contributed by atoms with Crippen molar-refractivity contribution in [1.82, 2.24) is 10.4 Å². The van der Waals surface area contributed by atoms with Gasteiger partial charge in [-0.3, -0.25) is 11.3 Å². The number of hydrazine groups is 1. The average molecular weight is 291 g/mol. The zero-order valence-electron chi connectivity index (χ0n) is 12.7. The van der Waals surface area contributed by atoms with E-state index < -0.39 is 0 Å². The highest BCUT2D eigenvalue weighted by molar-refractivity contribution is 5.19. The summed E-state index contributed by atoms with van der Waals surface area (Å²) in [6, 6.07) is 4.25. The first-order valence-electron chi connectivity index (χ1n) is 7.84. The van der Waals surface area contributed by atoms with E-state index in [4.69, 9.17) is 15.3 Å². The molecule has 2 unspecified atom stereocenters. The third-order valence-corrected chi connectivity index (χ3v) is 5.04. The summed E-state index contributed by atoms with van der Waals surface area (Å²) in [7, 11) is 1.63. The molecule has 1 aromatic rings. The molecule has 5 nitrogen and oxygen atoms in total. The second-order valence-electron chi connectivity index (χ2n) is 6.32. The molecule has 1 saturated heterocycles. The number of nitrogens with one attached hydrogen (secondary N) is 1. The average Bonchev–Trinajstić information content (AvgIpc) is 2.52. The Bertz CT molecular complexity index is 459. The largest absolute Gasteiger partial charge is 0.481 e. The molecule has 2 heterocycles. The SMILES string of the molecule is COc1ccc(CC(NN)C2CCOC3(CCC3)C2)cn1. The van der Waals surface area contributed by atoms with Gasteiger partial charge in [-0.05, 0) is 50.0 Å². The molecule has 3 rings (SSSR count). The standard InChI is InChI=1S/C16H25N3O2/c1-20-15-4-3-12(11-18-15)9-14(19-17)13-5-8-21-16(10-13)6-2-7-16/h3-4,11,13-14,19H,2,5-10,17H2,1H3. The number of nitrogens with two attached hydrogens (primary N) is 1. The van der Waals surface area contributed by atoms with Crippen molar-refractivity contribution in [3.63, 3.8) is 0 Å². The van der Waals surface area contributed by atoms with Crippen LogP contribution in [0.15, 0.2) is 18.3 Å². The summed E-state index contributed by atoms with van der Waals surface area (Å²) >= 11 is 0. The van der Waals surface area contributed by atoms with E-state index in [1.54, 1.807) is 7.11 Å². The van der Waals surface area contributed by atoms with Crippen molar-refractivity contribution < 1.29 is 9.47 Å². The summed E-state index contributed by atoms with van der Waals surface area (Å²) in [5.41, 5.74) is 4.37. The highest BCUT2D eigenvalue weighted by atomic mass is 16.5. The monoisotopic (exact) mass is 291 g/mol. The van der Waals surface area contributed by atoms with E-state index in [1.165, 1.54) is 24.8 Å². The molecule has 1 aliphatic carbocycles. The first kappa shape index (κ1) is 14.8. The summed E-state index contributed by atoms with van der Waals surface area (Å²) in [6.45, 7) is 0.865. The van der Waals surface area contributed by atoms with Crippen LogP contribution in [0.25, 0.3) is 0 Å². The van der Waals surface area contributed by atoms with Crippen LogP contribution in [0, 0.1) is 5.92 Å². The summed E-state index contributed by atoms with van der Waals surface area (Å²) in [4.78, 5) is 4.27. The van der Waals surface area contributed by atoms with Crippen molar-refractivity contribution in [2.24, 2.45) is 11.8 Å². The molecule has 0 aromatic carbocycles. The van der Waals surface area contributed by atoms with Gasteiger partial charge in [0.25, 0.3) is 0 Å². The fraction of sp³-hybridized carbons (Fsp3) is 0.688. The third kappa shape index (κ3) is 3.20. The van der Waals surface area contributed by atoms with Crippen molar-refractivity contribution in [2.45, 2.75) is 50.2 Å². The van der Waals surface area contributed by atoms with Gasteiger partial charge in [-0.15, -0.1) is 0 Å². The third-order valence-electron chi connectivity index (χ3n) is 5.04. The molecule has 2 fully saturated rings. The zero-order valence-corrected chi connectivity index (χ0v) is 12.7. The van der Waals surface area contributed by atoms with Gasteiger partial charge in [0.1, 0.15) is 0 Å². The lowest BCUT2D eigenvalue weighted by atomic mass is 9.70. The van der Waals surface area contributed by atoms with Crippen molar-refractivity contribution in [2.75, 3.05) is 13.7 Å². The number of hydrogen-bond donors (Lipinski definition) is 2. The van der Waals surface area contributed by atoms with Gasteiger partial charge < -0.3 is 9.47 Å². The minimum Gasteiger partial charge on any atom is -0.481 e. The molecule has 1 spiro atoms. The summed E-state index contributed by atoms with van der Waals surface area (Å²) in [6.07, 6.45) is 8.72. The van der Waals surface area contributed by atoms with E-state index >= 15 is 0 Å². The minimum absolute atomic E-state index is 0.163. The molecule has 3 N–H and O–H groups in total. The smallest absolute Gasteiger partial charge is 0.212 e. The number of ether oxygens (including phenoxy) is 2. The van der Waals surface area contributed by atoms with Gasteiger partial charge in [-0.2, -0.15) is 0 Å². The van der Waals surface area contributed by atoms with Gasteiger partial charge in [0, 0.05) is 24.9 Å². The first-order valence-corrected chi connectivity index (χ1v) is 7.84. The molecule has 1 aliphatic heterocycles. The summed E-state index contributed by atoms with van der Waals surface area (Å²) < 4.78 is 11.1. The normalized spacial score (nSPS) is 25.3. The first-order chi connectivity index (χ1) is 10.2. The fourth-order valence-electron chi connectivity index (χ4n) is 3.60. The van der Waals surface area contributed by atoms with Gasteiger partial charge in [-0.1, -0.05) is 6.07 Å². The lowest BCUT2D eigenvalue weighted by Gasteiger charge is -2.48. The van der Waals surface area contributed by atoms with E-state index in [1.807, 2.05) is 12.3 Å². The number of pyridine rings is 1. The van der Waals surface area contributed by atoms with Gasteiger partial charge in [-0.25, -0.2) is 4.98 Å². The predicted molar refractivity (Wildman–Crippen MR) is 80.9 cm³/mol. The van der Waals surface area contributed by atoms with Crippen LogP contribution >= 0.6 is 0 Å². The Morgan fingerprint density at radius 2 is 2.38 bits per heavy atom. The molecule has 2 aliphatic rings. The molecule has 1 aromatic heterocycles. The lowest BCUT2D eigenvalue weighted by Crippen LogP contribution is -2.52. The molecule has 2 atom stereocenters. The minimum atomic E-state index is 0.163. The molecule has 116 valence electrons. The Labute approximate surface area is 126 Å². The van der Waals surface area contributed by atoms with Crippen molar-refractivity contribution in [3.05, 3.63) is 23.9 Å². The van der Waals surface area contributed by atoms with Crippen molar-refractivity contribution in [1.29, 1.82) is 0 Å². The number of rotatable bonds is 5. The van der Waals surface area contributed by atoms with Gasteiger partial charge in [0.05, 0.1) is 12.7 Å². The van der Waals surface area contributed by atoms with Crippen LogP contribution in [0.1, 0.15) is 37.7 Å². The van der Waals surface area contributed by atoms with E-state index in [2.05, 4.69) is 16.5 Å². The second kappa shape index (κ2) is 6.30. The number of methoxy groups -OCH3 is 1. The number of nitrogens with zero attached hydrogens (tertiary/aromatic N) is 1. The van der Waals surface area contributed by atoms with Crippen LogP contribution in [-0.2, 0) is 11.2 Å². The fourth-order valence-corrected chi connectivity index (χ4v) is 3.60. The molecule has 0 amide bonds. The highest BCUT2D eigenvalue weighted by Gasteiger charge is 2.44. The zero-order chi connectivity index (χ0) is 14.7. The molecule has 0 bridgehead atoms. The summed E-state index contributed by atoms with van der Waals surface area (Å²) in [5.74, 6) is 7.04. The second-order valence-corrected chi connectivity index (χ2v) is 6.32. The maximum Gasteiger partial charge on any atom is 0.212 e. The molecule has 5 heteroatoms. The quantitative estimate of drug-likeness (QED) is 0.639. The Morgan fingerprint density at radius 3 is 2.95 bits per heavy atom. The van der Waals surface area contributed by atoms with Crippen LogP contribution < -0.4 is 16.0 Å². The Morgan fingerprint density at radius 1 is 1.52 bits per heavy atom. The topological polar surface area (TPSA) is 69.4 Å². The van der Waals surface area contributed by atoms with Crippen LogP contribution in [-0.4, -0.2) is 30.3 Å². The molecule has 0 radical (unpaired) electrons. The molecular formula is C16H25N3O2. The van der Waals surface area contributed by atoms with E-state index in [-0.39, 0.29) is 11.6 Å². The molecular weight excluding hydrogens is 266 g/mol. The maximum absolute atomic E-state index is 6.01. The molecule has 1 saturated carbocycles. The summed E-state index contributed by atoms with van der Waals surface area (Å²) in [5, 5.41) is 0. The van der Waals surface area contributed by atoms with Crippen molar-refractivity contribution >= 4 is 0 Å². The van der Waals surface area contributed by atoms with Crippen LogP contribution in [0.2, 0.25) is 0 Å². The Hall–Kier alpha value is -1.17. The van der Waals surface area contributed by atoms with Gasteiger partial charge in [0.2, 0.25) is 5.88 Å². The Kier molecular flexibility index (Phi) is 4.42. The number of hydrogen-bond acceptors (Lipinski definition) is 5. The van der Waals surface area contributed by atoms with Gasteiger partial charge >= 0.3 is 0 Å². The van der Waals surface area contributed by atoms with Crippen molar-refractivity contribution in [3.8, 4) is 5.88 Å². The van der Waals surface area contributed by atoms with E-state index in [0.717, 1.165) is 25.9 Å².